The highest BCUT2D eigenvalue weighted by atomic mass is 16.5. The van der Waals surface area contributed by atoms with Crippen LogP contribution in [0, 0.1) is 5.41 Å². The van der Waals surface area contributed by atoms with E-state index in [2.05, 4.69) is 19.2 Å². The van der Waals surface area contributed by atoms with Crippen LogP contribution in [0.3, 0.4) is 0 Å². The highest BCUT2D eigenvalue weighted by Crippen LogP contribution is 2.49. The first-order chi connectivity index (χ1) is 8.28. The van der Waals surface area contributed by atoms with E-state index < -0.39 is 0 Å². The average Bonchev–Trinajstić information content (AvgIpc) is 3.09. The number of ether oxygens (including phenoxy) is 1. The van der Waals surface area contributed by atoms with Crippen molar-refractivity contribution in [1.82, 2.24) is 5.32 Å². The number of rotatable bonds is 7. The molecular weight excluding hydrogens is 210 g/mol. The normalized spacial score (nSPS) is 31.4. The van der Waals surface area contributed by atoms with Crippen molar-refractivity contribution in [3.8, 4) is 0 Å². The zero-order valence-corrected chi connectivity index (χ0v) is 11.6. The van der Waals surface area contributed by atoms with Gasteiger partial charge in [-0.15, -0.1) is 0 Å². The lowest BCUT2D eigenvalue weighted by Gasteiger charge is -2.31. The van der Waals surface area contributed by atoms with Crippen LogP contribution in [0.15, 0.2) is 0 Å². The second-order valence-electron chi connectivity index (χ2n) is 6.13. The Morgan fingerprint density at radius 2 is 2.06 bits per heavy atom. The SMILES string of the molecule is CCCC1CC(NCC2(CCC)CC2)CCO1. The Labute approximate surface area is 107 Å². The third kappa shape index (κ3) is 3.96. The van der Waals surface area contributed by atoms with Gasteiger partial charge in [0.25, 0.3) is 0 Å². The largest absolute Gasteiger partial charge is 0.378 e. The summed E-state index contributed by atoms with van der Waals surface area (Å²) in [6.45, 7) is 6.78. The molecule has 2 heteroatoms. The minimum atomic E-state index is 0.521. The van der Waals surface area contributed by atoms with Gasteiger partial charge in [-0.2, -0.15) is 0 Å². The van der Waals surface area contributed by atoms with Crippen LogP contribution in [-0.2, 0) is 4.74 Å². The van der Waals surface area contributed by atoms with Crippen molar-refractivity contribution in [3.05, 3.63) is 0 Å². The van der Waals surface area contributed by atoms with Crippen molar-refractivity contribution < 1.29 is 4.74 Å². The molecule has 0 bridgehead atoms. The molecule has 0 aromatic carbocycles. The van der Waals surface area contributed by atoms with Crippen LogP contribution in [-0.4, -0.2) is 25.3 Å². The van der Waals surface area contributed by atoms with E-state index in [1.807, 2.05) is 0 Å². The molecule has 1 saturated heterocycles. The summed E-state index contributed by atoms with van der Waals surface area (Å²) in [6.07, 6.45) is 11.1. The molecule has 2 atom stereocenters. The molecule has 1 saturated carbocycles. The second kappa shape index (κ2) is 6.19. The molecule has 17 heavy (non-hydrogen) atoms. The van der Waals surface area contributed by atoms with Gasteiger partial charge in [-0.1, -0.05) is 26.7 Å². The number of hydrogen-bond donors (Lipinski definition) is 1. The van der Waals surface area contributed by atoms with E-state index in [0.717, 1.165) is 12.6 Å². The van der Waals surface area contributed by atoms with Gasteiger partial charge in [-0.25, -0.2) is 0 Å². The average molecular weight is 239 g/mol. The first-order valence-corrected chi connectivity index (χ1v) is 7.63. The van der Waals surface area contributed by atoms with E-state index in [9.17, 15) is 0 Å². The van der Waals surface area contributed by atoms with Gasteiger partial charge in [0, 0.05) is 19.2 Å². The summed E-state index contributed by atoms with van der Waals surface area (Å²) in [5.74, 6) is 0. The van der Waals surface area contributed by atoms with Crippen LogP contribution in [0.25, 0.3) is 0 Å². The van der Waals surface area contributed by atoms with Crippen molar-refractivity contribution in [2.45, 2.75) is 77.4 Å². The predicted octanol–water partition coefficient (Wildman–Crippen LogP) is 3.50. The molecule has 1 aliphatic heterocycles. The van der Waals surface area contributed by atoms with E-state index in [0.29, 0.717) is 11.5 Å². The van der Waals surface area contributed by atoms with E-state index >= 15 is 0 Å². The van der Waals surface area contributed by atoms with Gasteiger partial charge in [0.15, 0.2) is 0 Å². The molecule has 2 rings (SSSR count). The van der Waals surface area contributed by atoms with Crippen LogP contribution in [0.1, 0.15) is 65.2 Å². The first-order valence-electron chi connectivity index (χ1n) is 7.63. The molecule has 0 radical (unpaired) electrons. The van der Waals surface area contributed by atoms with Crippen molar-refractivity contribution in [1.29, 1.82) is 0 Å². The Hall–Kier alpha value is -0.0800. The summed E-state index contributed by atoms with van der Waals surface area (Å²) in [4.78, 5) is 0. The summed E-state index contributed by atoms with van der Waals surface area (Å²) in [5.41, 5.74) is 0.688. The molecule has 1 N–H and O–H groups in total. The van der Waals surface area contributed by atoms with Crippen LogP contribution in [0.5, 0.6) is 0 Å². The molecular formula is C15H29NO. The van der Waals surface area contributed by atoms with Gasteiger partial charge in [-0.3, -0.25) is 0 Å². The monoisotopic (exact) mass is 239 g/mol. The fourth-order valence-corrected chi connectivity index (χ4v) is 3.17. The fourth-order valence-electron chi connectivity index (χ4n) is 3.17. The minimum absolute atomic E-state index is 0.521. The first kappa shape index (κ1) is 13.4. The Morgan fingerprint density at radius 3 is 2.71 bits per heavy atom. The molecule has 100 valence electrons. The third-order valence-electron chi connectivity index (χ3n) is 4.48. The standard InChI is InChI=1S/C15H29NO/c1-3-5-14-11-13(6-10-17-14)16-12-15(7-4-2)8-9-15/h13-14,16H,3-12H2,1-2H3. The Kier molecular flexibility index (Phi) is 4.87. The van der Waals surface area contributed by atoms with Crippen molar-refractivity contribution >= 4 is 0 Å². The second-order valence-corrected chi connectivity index (χ2v) is 6.13. The van der Waals surface area contributed by atoms with Crippen molar-refractivity contribution in [2.75, 3.05) is 13.2 Å². The Bertz CT molecular complexity index is 223. The van der Waals surface area contributed by atoms with Crippen LogP contribution in [0.2, 0.25) is 0 Å². The molecule has 2 unspecified atom stereocenters. The molecule has 0 aromatic heterocycles. The summed E-state index contributed by atoms with van der Waals surface area (Å²) < 4.78 is 5.80. The summed E-state index contributed by atoms with van der Waals surface area (Å²) in [5, 5.41) is 3.82. The Balaban J connectivity index is 1.68. The van der Waals surface area contributed by atoms with Gasteiger partial charge in [0.2, 0.25) is 0 Å². The number of hydrogen-bond acceptors (Lipinski definition) is 2. The topological polar surface area (TPSA) is 21.3 Å². The molecule has 2 nitrogen and oxygen atoms in total. The maximum Gasteiger partial charge on any atom is 0.0589 e. The van der Waals surface area contributed by atoms with E-state index in [-0.39, 0.29) is 0 Å². The molecule has 1 aliphatic carbocycles. The fraction of sp³-hybridized carbons (Fsp3) is 1.00. The minimum Gasteiger partial charge on any atom is -0.378 e. The quantitative estimate of drug-likeness (QED) is 0.734. The highest BCUT2D eigenvalue weighted by Gasteiger charge is 2.41. The van der Waals surface area contributed by atoms with Gasteiger partial charge in [0.1, 0.15) is 0 Å². The van der Waals surface area contributed by atoms with E-state index in [1.165, 1.54) is 57.9 Å². The van der Waals surface area contributed by atoms with Crippen molar-refractivity contribution in [3.63, 3.8) is 0 Å². The predicted molar refractivity (Wildman–Crippen MR) is 72.2 cm³/mol. The van der Waals surface area contributed by atoms with Gasteiger partial charge < -0.3 is 10.1 Å². The Morgan fingerprint density at radius 1 is 1.24 bits per heavy atom. The molecule has 0 spiro atoms. The zero-order chi connectivity index (χ0) is 12.1. The van der Waals surface area contributed by atoms with Gasteiger partial charge >= 0.3 is 0 Å². The molecule has 2 fully saturated rings. The van der Waals surface area contributed by atoms with Crippen LogP contribution < -0.4 is 5.32 Å². The lowest BCUT2D eigenvalue weighted by atomic mass is 9.97. The third-order valence-corrected chi connectivity index (χ3v) is 4.48. The molecule has 0 amide bonds. The highest BCUT2D eigenvalue weighted by molar-refractivity contribution is 4.95. The maximum atomic E-state index is 5.80. The summed E-state index contributed by atoms with van der Waals surface area (Å²) in [6, 6.07) is 0.717. The van der Waals surface area contributed by atoms with Crippen LogP contribution >= 0.6 is 0 Å². The molecule has 1 heterocycles. The zero-order valence-electron chi connectivity index (χ0n) is 11.6. The van der Waals surface area contributed by atoms with Gasteiger partial charge in [-0.05, 0) is 43.9 Å². The van der Waals surface area contributed by atoms with E-state index in [1.54, 1.807) is 0 Å². The maximum absolute atomic E-state index is 5.80. The lowest BCUT2D eigenvalue weighted by Crippen LogP contribution is -2.41. The summed E-state index contributed by atoms with van der Waals surface area (Å²) >= 11 is 0. The smallest absolute Gasteiger partial charge is 0.0589 e. The van der Waals surface area contributed by atoms with Crippen LogP contribution in [0.4, 0.5) is 0 Å². The van der Waals surface area contributed by atoms with Crippen molar-refractivity contribution in [2.24, 2.45) is 5.41 Å². The van der Waals surface area contributed by atoms with E-state index in [4.69, 9.17) is 4.74 Å². The number of nitrogens with one attached hydrogen (secondary N) is 1. The van der Waals surface area contributed by atoms with Gasteiger partial charge in [0.05, 0.1) is 6.10 Å². The molecule has 0 aromatic rings. The summed E-state index contributed by atoms with van der Waals surface area (Å²) in [7, 11) is 0. The molecule has 2 aliphatic rings. The lowest BCUT2D eigenvalue weighted by molar-refractivity contribution is -0.00396.